The van der Waals surface area contributed by atoms with Crippen molar-refractivity contribution < 1.29 is 4.74 Å². The Hall–Kier alpha value is -2.56. The molecule has 114 valence electrons. The van der Waals surface area contributed by atoms with Crippen LogP contribution in [0.15, 0.2) is 42.6 Å². The van der Waals surface area contributed by atoms with Crippen molar-refractivity contribution >= 4 is 11.5 Å². The number of nitrogens with one attached hydrogen (secondary N) is 1. The van der Waals surface area contributed by atoms with Crippen LogP contribution in [0.3, 0.4) is 0 Å². The van der Waals surface area contributed by atoms with E-state index in [1.807, 2.05) is 40.9 Å². The Labute approximate surface area is 130 Å². The SMILES string of the molecule is CCCCNc1cc(-c2ccc(OC)cc2)nc2ccnn12. The van der Waals surface area contributed by atoms with Crippen molar-refractivity contribution in [2.24, 2.45) is 0 Å². The zero-order chi connectivity index (χ0) is 15.4. The van der Waals surface area contributed by atoms with Gasteiger partial charge >= 0.3 is 0 Å². The Morgan fingerprint density at radius 1 is 1.18 bits per heavy atom. The fourth-order valence-electron chi connectivity index (χ4n) is 2.34. The van der Waals surface area contributed by atoms with Gasteiger partial charge in [-0.2, -0.15) is 9.61 Å². The lowest BCUT2D eigenvalue weighted by Crippen LogP contribution is -2.07. The molecule has 0 bridgehead atoms. The molecule has 0 fully saturated rings. The molecule has 22 heavy (non-hydrogen) atoms. The van der Waals surface area contributed by atoms with Gasteiger partial charge in [-0.1, -0.05) is 13.3 Å². The molecule has 1 aromatic carbocycles. The molecule has 0 spiro atoms. The molecule has 0 saturated carbocycles. The molecule has 0 atom stereocenters. The number of hydrogen-bond acceptors (Lipinski definition) is 4. The maximum absolute atomic E-state index is 5.21. The molecule has 3 rings (SSSR count). The Morgan fingerprint density at radius 3 is 2.73 bits per heavy atom. The van der Waals surface area contributed by atoms with Crippen LogP contribution in [0.1, 0.15) is 19.8 Å². The monoisotopic (exact) mass is 296 g/mol. The van der Waals surface area contributed by atoms with Gasteiger partial charge in [0.15, 0.2) is 5.65 Å². The highest BCUT2D eigenvalue weighted by atomic mass is 16.5. The van der Waals surface area contributed by atoms with E-state index in [2.05, 4.69) is 22.3 Å². The van der Waals surface area contributed by atoms with E-state index in [9.17, 15) is 0 Å². The molecule has 0 aliphatic rings. The van der Waals surface area contributed by atoms with Crippen LogP contribution in [0.4, 0.5) is 5.82 Å². The minimum atomic E-state index is 0.840. The molecule has 0 unspecified atom stereocenters. The van der Waals surface area contributed by atoms with E-state index in [1.54, 1.807) is 13.3 Å². The van der Waals surface area contributed by atoms with Crippen molar-refractivity contribution in [1.82, 2.24) is 14.6 Å². The first-order chi connectivity index (χ1) is 10.8. The number of fused-ring (bicyclic) bond motifs is 1. The fourth-order valence-corrected chi connectivity index (χ4v) is 2.34. The van der Waals surface area contributed by atoms with Crippen LogP contribution in [0.5, 0.6) is 5.75 Å². The standard InChI is InChI=1S/C17H20N4O/c1-3-4-10-18-17-12-15(20-16-9-11-19-21(16)17)13-5-7-14(22-2)8-6-13/h5-9,11-12,18H,3-4,10H2,1-2H3. The minimum Gasteiger partial charge on any atom is -0.497 e. The zero-order valence-corrected chi connectivity index (χ0v) is 12.9. The third-order valence-electron chi connectivity index (χ3n) is 3.58. The van der Waals surface area contributed by atoms with Gasteiger partial charge in [-0.3, -0.25) is 0 Å². The van der Waals surface area contributed by atoms with Gasteiger partial charge in [0, 0.05) is 24.2 Å². The van der Waals surface area contributed by atoms with Crippen LogP contribution in [0.2, 0.25) is 0 Å². The van der Waals surface area contributed by atoms with Crippen molar-refractivity contribution in [3.05, 3.63) is 42.6 Å². The maximum atomic E-state index is 5.21. The third kappa shape index (κ3) is 2.88. The summed E-state index contributed by atoms with van der Waals surface area (Å²) >= 11 is 0. The van der Waals surface area contributed by atoms with Crippen molar-refractivity contribution in [1.29, 1.82) is 0 Å². The second kappa shape index (κ2) is 6.47. The molecule has 0 amide bonds. The summed E-state index contributed by atoms with van der Waals surface area (Å²) < 4.78 is 7.04. The van der Waals surface area contributed by atoms with Gasteiger partial charge in [0.25, 0.3) is 0 Å². The predicted octanol–water partition coefficient (Wildman–Crippen LogP) is 3.62. The van der Waals surface area contributed by atoms with E-state index in [-0.39, 0.29) is 0 Å². The van der Waals surface area contributed by atoms with Gasteiger partial charge in [-0.25, -0.2) is 4.98 Å². The second-order valence-electron chi connectivity index (χ2n) is 5.14. The van der Waals surface area contributed by atoms with Gasteiger partial charge in [0.1, 0.15) is 11.6 Å². The topological polar surface area (TPSA) is 51.5 Å². The Morgan fingerprint density at radius 2 is 2.00 bits per heavy atom. The molecular weight excluding hydrogens is 276 g/mol. The Kier molecular flexibility index (Phi) is 4.23. The van der Waals surface area contributed by atoms with Crippen LogP contribution in [0, 0.1) is 0 Å². The first kappa shape index (κ1) is 14.4. The molecule has 2 aromatic heterocycles. The Balaban J connectivity index is 1.98. The predicted molar refractivity (Wildman–Crippen MR) is 88.4 cm³/mol. The van der Waals surface area contributed by atoms with Crippen LogP contribution in [-0.2, 0) is 0 Å². The number of hydrogen-bond donors (Lipinski definition) is 1. The van der Waals surface area contributed by atoms with Crippen LogP contribution in [0.25, 0.3) is 16.9 Å². The number of anilines is 1. The van der Waals surface area contributed by atoms with E-state index < -0.39 is 0 Å². The average Bonchev–Trinajstić information content (AvgIpc) is 3.04. The molecule has 3 aromatic rings. The van der Waals surface area contributed by atoms with E-state index >= 15 is 0 Å². The smallest absolute Gasteiger partial charge is 0.157 e. The highest BCUT2D eigenvalue weighted by molar-refractivity contribution is 5.66. The number of methoxy groups -OCH3 is 1. The van der Waals surface area contributed by atoms with Gasteiger partial charge in [0.2, 0.25) is 0 Å². The molecule has 0 aliphatic heterocycles. The minimum absolute atomic E-state index is 0.840. The van der Waals surface area contributed by atoms with Crippen LogP contribution in [-0.4, -0.2) is 28.3 Å². The van der Waals surface area contributed by atoms with E-state index in [4.69, 9.17) is 4.74 Å². The molecular formula is C17H20N4O. The summed E-state index contributed by atoms with van der Waals surface area (Å²) in [5.74, 6) is 1.81. The summed E-state index contributed by atoms with van der Waals surface area (Å²) in [6, 6.07) is 11.9. The summed E-state index contributed by atoms with van der Waals surface area (Å²) in [6.45, 7) is 3.11. The zero-order valence-electron chi connectivity index (χ0n) is 12.9. The molecule has 5 nitrogen and oxygen atoms in total. The third-order valence-corrected chi connectivity index (χ3v) is 3.58. The highest BCUT2D eigenvalue weighted by Crippen LogP contribution is 2.24. The fraction of sp³-hybridized carbons (Fsp3) is 0.294. The number of rotatable bonds is 6. The molecule has 5 heteroatoms. The molecule has 1 N–H and O–H groups in total. The summed E-state index contributed by atoms with van der Waals surface area (Å²) in [6.07, 6.45) is 4.06. The van der Waals surface area contributed by atoms with E-state index in [0.717, 1.165) is 47.9 Å². The van der Waals surface area contributed by atoms with Crippen molar-refractivity contribution in [3.8, 4) is 17.0 Å². The average molecular weight is 296 g/mol. The first-order valence-electron chi connectivity index (χ1n) is 7.55. The second-order valence-corrected chi connectivity index (χ2v) is 5.14. The number of nitrogens with zero attached hydrogens (tertiary/aromatic N) is 3. The van der Waals surface area contributed by atoms with Crippen LogP contribution < -0.4 is 10.1 Å². The number of aromatic nitrogens is 3. The van der Waals surface area contributed by atoms with Crippen LogP contribution >= 0.6 is 0 Å². The van der Waals surface area contributed by atoms with Crippen molar-refractivity contribution in [2.75, 3.05) is 19.0 Å². The number of benzene rings is 1. The Bertz CT molecular complexity index is 749. The summed E-state index contributed by atoms with van der Waals surface area (Å²) in [4.78, 5) is 4.67. The summed E-state index contributed by atoms with van der Waals surface area (Å²) in [7, 11) is 1.67. The lowest BCUT2D eigenvalue weighted by molar-refractivity contribution is 0.415. The number of ether oxygens (including phenoxy) is 1. The molecule has 0 radical (unpaired) electrons. The van der Waals surface area contributed by atoms with Gasteiger partial charge < -0.3 is 10.1 Å². The van der Waals surface area contributed by atoms with Crippen molar-refractivity contribution in [3.63, 3.8) is 0 Å². The lowest BCUT2D eigenvalue weighted by atomic mass is 10.1. The molecule has 0 saturated heterocycles. The normalized spacial score (nSPS) is 10.8. The summed E-state index contributed by atoms with van der Waals surface area (Å²) in [5, 5.41) is 7.77. The highest BCUT2D eigenvalue weighted by Gasteiger charge is 2.08. The molecule has 0 aliphatic carbocycles. The van der Waals surface area contributed by atoms with Gasteiger partial charge in [-0.15, -0.1) is 0 Å². The maximum Gasteiger partial charge on any atom is 0.157 e. The lowest BCUT2D eigenvalue weighted by Gasteiger charge is -2.10. The van der Waals surface area contributed by atoms with Crippen molar-refractivity contribution in [2.45, 2.75) is 19.8 Å². The van der Waals surface area contributed by atoms with Gasteiger partial charge in [-0.05, 0) is 30.7 Å². The van der Waals surface area contributed by atoms with E-state index in [0.29, 0.717) is 0 Å². The summed E-state index contributed by atoms with van der Waals surface area (Å²) in [5.41, 5.74) is 2.82. The number of unbranched alkanes of at least 4 members (excludes halogenated alkanes) is 1. The first-order valence-corrected chi connectivity index (χ1v) is 7.55. The molecule has 2 heterocycles. The van der Waals surface area contributed by atoms with Gasteiger partial charge in [0.05, 0.1) is 19.0 Å². The van der Waals surface area contributed by atoms with E-state index in [1.165, 1.54) is 0 Å². The quantitative estimate of drug-likeness (QED) is 0.706. The largest absolute Gasteiger partial charge is 0.497 e.